The van der Waals surface area contributed by atoms with Gasteiger partial charge < -0.3 is 5.73 Å². The minimum Gasteiger partial charge on any atom is -0.329 e. The van der Waals surface area contributed by atoms with E-state index in [1.165, 1.54) is 31.2 Å². The monoisotopic (exact) mass is 246 g/mol. The maximum absolute atomic E-state index is 6.04. The van der Waals surface area contributed by atoms with Crippen molar-refractivity contribution in [1.29, 1.82) is 0 Å². The molecule has 0 aliphatic heterocycles. The van der Waals surface area contributed by atoms with Crippen LogP contribution in [-0.2, 0) is 0 Å². The van der Waals surface area contributed by atoms with Crippen LogP contribution in [0.1, 0.15) is 44.1 Å². The molecular formula is C16H26N2. The van der Waals surface area contributed by atoms with Crippen LogP contribution in [0.15, 0.2) is 30.3 Å². The molecule has 2 atom stereocenters. The van der Waals surface area contributed by atoms with Gasteiger partial charge in [0.1, 0.15) is 0 Å². The van der Waals surface area contributed by atoms with Gasteiger partial charge in [-0.15, -0.1) is 0 Å². The van der Waals surface area contributed by atoms with Crippen LogP contribution >= 0.6 is 0 Å². The molecule has 2 N–H and O–H groups in total. The number of hydrogen-bond acceptors (Lipinski definition) is 2. The largest absolute Gasteiger partial charge is 0.329 e. The summed E-state index contributed by atoms with van der Waals surface area (Å²) in [5.74, 6) is 0.502. The van der Waals surface area contributed by atoms with Crippen molar-refractivity contribution in [3.05, 3.63) is 35.9 Å². The summed E-state index contributed by atoms with van der Waals surface area (Å²) < 4.78 is 0. The van der Waals surface area contributed by atoms with Crippen molar-refractivity contribution in [3.63, 3.8) is 0 Å². The van der Waals surface area contributed by atoms with Crippen molar-refractivity contribution in [2.75, 3.05) is 13.6 Å². The number of hydrogen-bond donors (Lipinski definition) is 1. The van der Waals surface area contributed by atoms with Gasteiger partial charge in [0.25, 0.3) is 0 Å². The van der Waals surface area contributed by atoms with Gasteiger partial charge in [-0.25, -0.2) is 0 Å². The number of likely N-dealkylation sites (N-methyl/N-ethyl adjacent to an activating group) is 1. The standard InChI is InChI=1S/C16H26N2/c1-13(14-8-4-3-5-9-14)16(12-17)18(2)15-10-6-7-11-15/h3-5,8-9,13,15-16H,6-7,10-12,17H2,1-2H3. The Kier molecular flexibility index (Phi) is 4.79. The molecule has 1 aromatic rings. The first-order valence-electron chi connectivity index (χ1n) is 7.21. The highest BCUT2D eigenvalue weighted by Crippen LogP contribution is 2.29. The van der Waals surface area contributed by atoms with Crippen LogP contribution in [0.4, 0.5) is 0 Å². The quantitative estimate of drug-likeness (QED) is 0.865. The van der Waals surface area contributed by atoms with Crippen LogP contribution in [0.25, 0.3) is 0 Å². The average molecular weight is 246 g/mol. The first-order chi connectivity index (χ1) is 8.74. The first-order valence-corrected chi connectivity index (χ1v) is 7.21. The Morgan fingerprint density at radius 3 is 2.39 bits per heavy atom. The molecule has 18 heavy (non-hydrogen) atoms. The Morgan fingerprint density at radius 2 is 1.83 bits per heavy atom. The Balaban J connectivity index is 2.07. The van der Waals surface area contributed by atoms with Gasteiger partial charge in [-0.3, -0.25) is 4.90 Å². The minimum atomic E-state index is 0.454. The summed E-state index contributed by atoms with van der Waals surface area (Å²) >= 11 is 0. The molecule has 2 heteroatoms. The van der Waals surface area contributed by atoms with Crippen LogP contribution in [-0.4, -0.2) is 30.6 Å². The molecule has 0 spiro atoms. The van der Waals surface area contributed by atoms with Gasteiger partial charge in [-0.2, -0.15) is 0 Å². The summed E-state index contributed by atoms with van der Waals surface area (Å²) in [4.78, 5) is 2.53. The molecule has 1 aliphatic rings. The van der Waals surface area contributed by atoms with E-state index in [0.29, 0.717) is 12.0 Å². The summed E-state index contributed by atoms with van der Waals surface area (Å²) in [7, 11) is 2.26. The second-order valence-electron chi connectivity index (χ2n) is 5.61. The van der Waals surface area contributed by atoms with Gasteiger partial charge in [0.05, 0.1) is 0 Å². The summed E-state index contributed by atoms with van der Waals surface area (Å²) in [6, 6.07) is 11.9. The highest BCUT2D eigenvalue weighted by Gasteiger charge is 2.28. The lowest BCUT2D eigenvalue weighted by molar-refractivity contribution is 0.159. The third-order valence-corrected chi connectivity index (χ3v) is 4.57. The fourth-order valence-corrected chi connectivity index (χ4v) is 3.28. The predicted molar refractivity (Wildman–Crippen MR) is 77.7 cm³/mol. The van der Waals surface area contributed by atoms with Crippen LogP contribution in [0.5, 0.6) is 0 Å². The maximum Gasteiger partial charge on any atom is 0.0284 e. The summed E-state index contributed by atoms with van der Waals surface area (Å²) in [5.41, 5.74) is 7.44. The highest BCUT2D eigenvalue weighted by atomic mass is 15.2. The van der Waals surface area contributed by atoms with Crippen molar-refractivity contribution >= 4 is 0 Å². The third kappa shape index (κ3) is 2.93. The molecular weight excluding hydrogens is 220 g/mol. The zero-order valence-electron chi connectivity index (χ0n) is 11.7. The fourth-order valence-electron chi connectivity index (χ4n) is 3.28. The molecule has 0 saturated heterocycles. The molecule has 1 aromatic carbocycles. The number of rotatable bonds is 5. The molecule has 1 fully saturated rings. The highest BCUT2D eigenvalue weighted by molar-refractivity contribution is 5.20. The summed E-state index contributed by atoms with van der Waals surface area (Å²) in [6.07, 6.45) is 5.45. The van der Waals surface area contributed by atoms with E-state index in [0.717, 1.165) is 12.6 Å². The van der Waals surface area contributed by atoms with Gasteiger partial charge >= 0.3 is 0 Å². The van der Waals surface area contributed by atoms with E-state index in [2.05, 4.69) is 49.2 Å². The molecule has 2 rings (SSSR count). The Bertz CT molecular complexity index is 343. The van der Waals surface area contributed by atoms with Gasteiger partial charge in [0.2, 0.25) is 0 Å². The fraction of sp³-hybridized carbons (Fsp3) is 0.625. The molecule has 0 radical (unpaired) electrons. The van der Waals surface area contributed by atoms with Crippen LogP contribution < -0.4 is 5.73 Å². The van der Waals surface area contributed by atoms with Crippen LogP contribution in [0.2, 0.25) is 0 Å². The lowest BCUT2D eigenvalue weighted by atomic mass is 9.91. The minimum absolute atomic E-state index is 0.454. The summed E-state index contributed by atoms with van der Waals surface area (Å²) in [6.45, 7) is 3.04. The normalized spacial score (nSPS) is 20.2. The SMILES string of the molecule is CC(c1ccccc1)C(CN)N(C)C1CCCC1. The molecule has 1 saturated carbocycles. The Labute approximate surface area is 111 Å². The molecule has 0 bridgehead atoms. The second kappa shape index (κ2) is 6.35. The molecule has 1 aliphatic carbocycles. The second-order valence-corrected chi connectivity index (χ2v) is 5.61. The maximum atomic E-state index is 6.04. The van der Waals surface area contributed by atoms with E-state index in [9.17, 15) is 0 Å². The lowest BCUT2D eigenvalue weighted by Crippen LogP contribution is -2.46. The lowest BCUT2D eigenvalue weighted by Gasteiger charge is -2.36. The number of nitrogens with two attached hydrogens (primary N) is 1. The zero-order chi connectivity index (χ0) is 13.0. The zero-order valence-corrected chi connectivity index (χ0v) is 11.7. The van der Waals surface area contributed by atoms with E-state index in [1.54, 1.807) is 0 Å². The van der Waals surface area contributed by atoms with E-state index >= 15 is 0 Å². The van der Waals surface area contributed by atoms with Gasteiger partial charge in [-0.05, 0) is 31.4 Å². The topological polar surface area (TPSA) is 29.3 Å². The van der Waals surface area contributed by atoms with Crippen LogP contribution in [0.3, 0.4) is 0 Å². The van der Waals surface area contributed by atoms with E-state index in [-0.39, 0.29) is 0 Å². The smallest absolute Gasteiger partial charge is 0.0284 e. The van der Waals surface area contributed by atoms with Gasteiger partial charge in [0.15, 0.2) is 0 Å². The average Bonchev–Trinajstić information content (AvgIpc) is 2.94. The number of nitrogens with zero attached hydrogens (tertiary/aromatic N) is 1. The van der Waals surface area contributed by atoms with Crippen molar-refractivity contribution in [3.8, 4) is 0 Å². The van der Waals surface area contributed by atoms with Crippen LogP contribution in [0, 0.1) is 0 Å². The molecule has 2 nitrogen and oxygen atoms in total. The molecule has 0 amide bonds. The van der Waals surface area contributed by atoms with E-state index in [4.69, 9.17) is 5.73 Å². The van der Waals surface area contributed by atoms with Crippen molar-refractivity contribution < 1.29 is 0 Å². The summed E-state index contributed by atoms with van der Waals surface area (Å²) in [5, 5.41) is 0. The van der Waals surface area contributed by atoms with Crippen molar-refractivity contribution in [2.24, 2.45) is 5.73 Å². The molecule has 2 unspecified atom stereocenters. The van der Waals surface area contributed by atoms with Crippen molar-refractivity contribution in [2.45, 2.75) is 50.6 Å². The first kappa shape index (κ1) is 13.6. The predicted octanol–water partition coefficient (Wildman–Crippen LogP) is 2.99. The number of benzene rings is 1. The molecule has 100 valence electrons. The van der Waals surface area contributed by atoms with Gasteiger partial charge in [-0.1, -0.05) is 50.1 Å². The van der Waals surface area contributed by atoms with E-state index in [1.807, 2.05) is 0 Å². The molecule has 0 heterocycles. The Morgan fingerprint density at radius 1 is 1.22 bits per heavy atom. The third-order valence-electron chi connectivity index (χ3n) is 4.57. The Hall–Kier alpha value is -0.860. The molecule has 0 aromatic heterocycles. The van der Waals surface area contributed by atoms with Crippen molar-refractivity contribution in [1.82, 2.24) is 4.90 Å². The van der Waals surface area contributed by atoms with E-state index < -0.39 is 0 Å². The van der Waals surface area contributed by atoms with Gasteiger partial charge in [0, 0.05) is 18.6 Å².